The highest BCUT2D eigenvalue weighted by Gasteiger charge is 2.10. The maximum atomic E-state index is 10.5. The quantitative estimate of drug-likeness (QED) is 0.593. The average Bonchev–Trinajstić information content (AvgIpc) is 2.27. The number of hydrogen-bond donors (Lipinski definition) is 0. The summed E-state index contributed by atoms with van der Waals surface area (Å²) in [6.45, 7) is 2.02. The summed E-state index contributed by atoms with van der Waals surface area (Å²) in [5.74, 6) is 0. The average molecular weight is 252 g/mol. The minimum Gasteiger partial charge on any atom is -0.781 e. The normalized spacial score (nSPS) is 12.9. The van der Waals surface area contributed by atoms with Crippen molar-refractivity contribution in [2.24, 2.45) is 7.05 Å². The van der Waals surface area contributed by atoms with Crippen molar-refractivity contribution in [1.82, 2.24) is 5.10 Å². The first kappa shape index (κ1) is 12.2. The molecule has 0 saturated heterocycles. The molecule has 90 valence electrons. The van der Waals surface area contributed by atoms with Crippen molar-refractivity contribution >= 4 is 19.2 Å². The van der Waals surface area contributed by atoms with Gasteiger partial charge < -0.3 is 14.0 Å². The van der Waals surface area contributed by atoms with Crippen molar-refractivity contribution in [2.75, 3.05) is 0 Å². The molecule has 1 aromatic heterocycles. The minimum absolute atomic E-state index is 0.0532. The van der Waals surface area contributed by atoms with Gasteiger partial charge in [0.05, 0.1) is 12.2 Å². The molecule has 2 aromatic rings. The molecule has 17 heavy (non-hydrogen) atoms. The van der Waals surface area contributed by atoms with E-state index in [1.54, 1.807) is 17.9 Å². The van der Waals surface area contributed by atoms with Crippen molar-refractivity contribution in [3.63, 3.8) is 0 Å². The lowest BCUT2D eigenvalue weighted by Crippen LogP contribution is -2.33. The van der Waals surface area contributed by atoms with Crippen LogP contribution in [-0.2, 0) is 22.7 Å². The van der Waals surface area contributed by atoms with Crippen LogP contribution in [0.5, 0.6) is 0 Å². The zero-order chi connectivity index (χ0) is 12.4. The fourth-order valence-electron chi connectivity index (χ4n) is 1.78. The summed E-state index contributed by atoms with van der Waals surface area (Å²) in [6, 6.07) is 5.80. The summed E-state index contributed by atoms with van der Waals surface area (Å²) in [5, 5.41) is 5.30. The van der Waals surface area contributed by atoms with Crippen molar-refractivity contribution < 1.29 is 18.7 Å². The molecule has 1 atom stereocenters. The van der Waals surface area contributed by atoms with E-state index < -0.39 is 8.25 Å². The third-order valence-electron chi connectivity index (χ3n) is 2.53. The van der Waals surface area contributed by atoms with Crippen LogP contribution in [0.25, 0.3) is 10.9 Å². The Balaban J connectivity index is 2.54. The van der Waals surface area contributed by atoms with Crippen LogP contribution in [0.3, 0.4) is 0 Å². The molecule has 0 aliphatic heterocycles. The number of aryl methyl sites for hydroxylation is 2. The molecule has 2 rings (SSSR count). The highest BCUT2D eigenvalue weighted by atomic mass is 31.1. The zero-order valence-electron chi connectivity index (χ0n) is 9.64. The Morgan fingerprint density at radius 2 is 2.29 bits per heavy atom. The van der Waals surface area contributed by atoms with E-state index in [9.17, 15) is 9.46 Å². The SMILES string of the molecule is Cc1cccc2c(CO[PH](=O)[O-])c[n+](C)nc12. The van der Waals surface area contributed by atoms with Gasteiger partial charge in [0, 0.05) is 10.5 Å². The lowest BCUT2D eigenvalue weighted by Gasteiger charge is -2.08. The topological polar surface area (TPSA) is 66.1 Å². The summed E-state index contributed by atoms with van der Waals surface area (Å²) in [4.78, 5) is 10.5. The van der Waals surface area contributed by atoms with Gasteiger partial charge in [-0.15, -0.1) is 0 Å². The maximum Gasteiger partial charge on any atom is 0.202 e. The molecule has 5 nitrogen and oxygen atoms in total. The molecule has 0 spiro atoms. The number of fused-ring (bicyclic) bond motifs is 1. The fourth-order valence-corrected chi connectivity index (χ4v) is 2.06. The Bertz CT molecular complexity index is 586. The van der Waals surface area contributed by atoms with Crippen LogP contribution in [0.2, 0.25) is 0 Å². The van der Waals surface area contributed by atoms with Gasteiger partial charge in [-0.3, -0.25) is 0 Å². The van der Waals surface area contributed by atoms with Gasteiger partial charge in [-0.1, -0.05) is 22.9 Å². The van der Waals surface area contributed by atoms with Crippen LogP contribution < -0.4 is 9.58 Å². The summed E-state index contributed by atoms with van der Waals surface area (Å²) < 4.78 is 16.8. The second-order valence-corrected chi connectivity index (χ2v) is 4.63. The molecule has 0 aliphatic carbocycles. The molecule has 1 heterocycles. The lowest BCUT2D eigenvalue weighted by atomic mass is 10.1. The monoisotopic (exact) mass is 252 g/mol. The van der Waals surface area contributed by atoms with Crippen LogP contribution in [0.4, 0.5) is 0 Å². The van der Waals surface area contributed by atoms with E-state index in [0.717, 1.165) is 22.0 Å². The van der Waals surface area contributed by atoms with E-state index in [0.29, 0.717) is 0 Å². The molecule has 0 N–H and O–H groups in total. The summed E-state index contributed by atoms with van der Waals surface area (Å²) in [7, 11) is -1.35. The largest absolute Gasteiger partial charge is 0.781 e. The first-order valence-corrected chi connectivity index (χ1v) is 6.39. The third-order valence-corrected chi connectivity index (χ3v) is 2.91. The minimum atomic E-state index is -3.15. The molecule has 0 saturated carbocycles. The van der Waals surface area contributed by atoms with E-state index in [1.807, 2.05) is 25.1 Å². The summed E-state index contributed by atoms with van der Waals surface area (Å²) in [6.07, 6.45) is 1.77. The predicted molar refractivity (Wildman–Crippen MR) is 61.4 cm³/mol. The van der Waals surface area contributed by atoms with Crippen LogP contribution in [0.15, 0.2) is 24.4 Å². The highest BCUT2D eigenvalue weighted by Crippen LogP contribution is 2.21. The van der Waals surface area contributed by atoms with Gasteiger partial charge in [0.1, 0.15) is 13.8 Å². The van der Waals surface area contributed by atoms with Crippen LogP contribution in [0.1, 0.15) is 11.1 Å². The van der Waals surface area contributed by atoms with E-state index >= 15 is 0 Å². The molecule has 0 bridgehead atoms. The summed E-state index contributed by atoms with van der Waals surface area (Å²) >= 11 is 0. The number of aromatic nitrogens is 2. The van der Waals surface area contributed by atoms with Gasteiger partial charge in [-0.25, -0.2) is 0 Å². The summed E-state index contributed by atoms with van der Waals surface area (Å²) in [5.41, 5.74) is 2.73. The maximum absolute atomic E-state index is 10.5. The molecule has 1 unspecified atom stereocenters. The van der Waals surface area contributed by atoms with Gasteiger partial charge in [0.2, 0.25) is 6.20 Å². The van der Waals surface area contributed by atoms with Crippen LogP contribution in [0, 0.1) is 6.92 Å². The number of benzene rings is 1. The Morgan fingerprint density at radius 1 is 1.53 bits per heavy atom. The number of hydrogen-bond acceptors (Lipinski definition) is 4. The van der Waals surface area contributed by atoms with Gasteiger partial charge in [-0.2, -0.15) is 0 Å². The Hall–Kier alpha value is -1.29. The molecule has 6 heteroatoms. The molecule has 0 aliphatic rings. The van der Waals surface area contributed by atoms with E-state index in [4.69, 9.17) is 0 Å². The predicted octanol–water partition coefficient (Wildman–Crippen LogP) is 0.634. The molecule has 0 amide bonds. The number of rotatable bonds is 3. The second kappa shape index (κ2) is 4.92. The fraction of sp³-hybridized carbons (Fsp3) is 0.273. The highest BCUT2D eigenvalue weighted by molar-refractivity contribution is 7.30. The molecular weight excluding hydrogens is 239 g/mol. The zero-order valence-corrected chi connectivity index (χ0v) is 10.6. The first-order valence-electron chi connectivity index (χ1n) is 5.17. The Kier molecular flexibility index (Phi) is 3.52. The van der Waals surface area contributed by atoms with Gasteiger partial charge >= 0.3 is 0 Å². The van der Waals surface area contributed by atoms with Crippen molar-refractivity contribution in [3.8, 4) is 0 Å². The first-order chi connectivity index (χ1) is 8.08. The molecule has 1 aromatic carbocycles. The van der Waals surface area contributed by atoms with Crippen molar-refractivity contribution in [2.45, 2.75) is 13.5 Å². The van der Waals surface area contributed by atoms with Crippen molar-refractivity contribution in [3.05, 3.63) is 35.5 Å². The van der Waals surface area contributed by atoms with E-state index in [2.05, 4.69) is 9.62 Å². The molecule has 0 radical (unpaired) electrons. The third kappa shape index (κ3) is 2.69. The van der Waals surface area contributed by atoms with Crippen LogP contribution in [-0.4, -0.2) is 5.10 Å². The van der Waals surface area contributed by atoms with Gasteiger partial charge in [0.25, 0.3) is 0 Å². The van der Waals surface area contributed by atoms with E-state index in [1.165, 1.54) is 0 Å². The smallest absolute Gasteiger partial charge is 0.202 e. The standard InChI is InChI=1S/C11H13N2O3P/c1-8-4-3-5-10-9(7-16-17(14)15)6-13(2)12-11(8)10/h3-6,17H,7H2,1-2H3. The second-order valence-electron chi connectivity index (χ2n) is 3.84. The van der Waals surface area contributed by atoms with Crippen LogP contribution >= 0.6 is 8.25 Å². The molecular formula is C11H13N2O3P. The molecule has 0 fully saturated rings. The van der Waals surface area contributed by atoms with Gasteiger partial charge in [0.15, 0.2) is 7.05 Å². The van der Waals surface area contributed by atoms with Crippen molar-refractivity contribution in [1.29, 1.82) is 0 Å². The van der Waals surface area contributed by atoms with E-state index in [-0.39, 0.29) is 6.61 Å². The lowest BCUT2D eigenvalue weighted by molar-refractivity contribution is -0.728. The van der Waals surface area contributed by atoms with Gasteiger partial charge in [-0.05, 0) is 12.5 Å². The Morgan fingerprint density at radius 3 is 3.00 bits per heavy atom. The number of nitrogens with zero attached hydrogens (tertiary/aromatic N) is 2. The Labute approximate surface area is 99.6 Å².